The minimum Gasteiger partial charge on any atom is -0.478 e. The van der Waals surface area contributed by atoms with Crippen LogP contribution in [0.25, 0.3) is 6.08 Å². The van der Waals surface area contributed by atoms with Crippen LogP contribution in [0, 0.1) is 0 Å². The average molecular weight is 347 g/mol. The molecule has 0 saturated carbocycles. The molecule has 0 aromatic heterocycles. The van der Waals surface area contributed by atoms with Gasteiger partial charge in [-0.25, -0.2) is 4.79 Å². The second kappa shape index (κ2) is 17.7. The largest absolute Gasteiger partial charge is 0.478 e. The molecule has 1 aromatic rings. The molecule has 138 valence electrons. The maximum absolute atomic E-state index is 10.5. The first-order valence-corrected chi connectivity index (χ1v) is 7.93. The second-order valence-electron chi connectivity index (χ2n) is 4.85. The van der Waals surface area contributed by atoms with E-state index in [1.807, 2.05) is 36.4 Å². The Morgan fingerprint density at radius 3 is 2.16 bits per heavy atom. The Bertz CT molecular complexity index is 512. The molecule has 1 amide bonds. The minimum absolute atomic E-state index is 0.176. The van der Waals surface area contributed by atoms with Crippen LogP contribution in [0.1, 0.15) is 32.3 Å². The molecule has 0 fully saturated rings. The fourth-order valence-electron chi connectivity index (χ4n) is 1.10. The molecule has 1 aromatic carbocycles. The molecule has 0 aliphatic carbocycles. The summed E-state index contributed by atoms with van der Waals surface area (Å²) in [6.07, 6.45) is 5.20. The Hall–Kier alpha value is -2.66. The van der Waals surface area contributed by atoms with Gasteiger partial charge < -0.3 is 15.2 Å². The van der Waals surface area contributed by atoms with Gasteiger partial charge in [-0.1, -0.05) is 69.5 Å². The van der Waals surface area contributed by atoms with Crippen molar-refractivity contribution >= 4 is 18.0 Å². The van der Waals surface area contributed by atoms with Crippen molar-refractivity contribution in [2.45, 2.75) is 26.7 Å². The van der Waals surface area contributed by atoms with Gasteiger partial charge in [0, 0.05) is 12.2 Å². The molecule has 0 spiro atoms. The molecule has 0 unspecified atom stereocenters. The highest BCUT2D eigenvalue weighted by atomic mass is 16.5. The highest BCUT2D eigenvalue weighted by Crippen LogP contribution is 1.97. The van der Waals surface area contributed by atoms with Crippen LogP contribution in [0.5, 0.6) is 0 Å². The molecule has 2 N–H and O–H groups in total. The minimum atomic E-state index is -0.935. The van der Waals surface area contributed by atoms with Crippen molar-refractivity contribution in [1.82, 2.24) is 5.32 Å². The van der Waals surface area contributed by atoms with Crippen molar-refractivity contribution in [3.63, 3.8) is 0 Å². The van der Waals surface area contributed by atoms with Crippen LogP contribution in [0.4, 0.5) is 0 Å². The fourth-order valence-corrected chi connectivity index (χ4v) is 1.10. The van der Waals surface area contributed by atoms with Crippen molar-refractivity contribution in [2.75, 3.05) is 13.3 Å². The highest BCUT2D eigenvalue weighted by molar-refractivity contribution is 5.86. The van der Waals surface area contributed by atoms with E-state index in [9.17, 15) is 9.59 Å². The average Bonchev–Trinajstić information content (AvgIpc) is 2.63. The van der Waals surface area contributed by atoms with Gasteiger partial charge >= 0.3 is 5.97 Å². The summed E-state index contributed by atoms with van der Waals surface area (Å²) in [5.41, 5.74) is 1.35. The van der Waals surface area contributed by atoms with Crippen molar-refractivity contribution in [3.8, 4) is 0 Å². The summed E-state index contributed by atoms with van der Waals surface area (Å²) < 4.78 is 5.07. The maximum Gasteiger partial charge on any atom is 0.330 e. The first-order valence-electron chi connectivity index (χ1n) is 7.93. The van der Waals surface area contributed by atoms with Gasteiger partial charge in [0.05, 0.1) is 0 Å². The lowest BCUT2D eigenvalue weighted by Crippen LogP contribution is -2.23. The monoisotopic (exact) mass is 347 g/mol. The topological polar surface area (TPSA) is 75.6 Å². The number of amides is 1. The Morgan fingerprint density at radius 1 is 1.24 bits per heavy atom. The molecule has 5 heteroatoms. The van der Waals surface area contributed by atoms with E-state index in [1.54, 1.807) is 0 Å². The third-order valence-corrected chi connectivity index (χ3v) is 2.58. The molecule has 0 bridgehead atoms. The quantitative estimate of drug-likeness (QED) is 0.423. The first kappa shape index (κ1) is 24.6. The van der Waals surface area contributed by atoms with E-state index in [-0.39, 0.29) is 18.2 Å². The zero-order valence-corrected chi connectivity index (χ0v) is 15.2. The van der Waals surface area contributed by atoms with E-state index in [4.69, 9.17) is 9.84 Å². The van der Waals surface area contributed by atoms with Crippen molar-refractivity contribution in [1.29, 1.82) is 0 Å². The zero-order valence-electron chi connectivity index (χ0n) is 15.2. The van der Waals surface area contributed by atoms with Crippen LogP contribution in [-0.4, -0.2) is 30.3 Å². The summed E-state index contributed by atoms with van der Waals surface area (Å²) in [6, 6.07) is 10.0. The van der Waals surface area contributed by atoms with Crippen molar-refractivity contribution in [3.05, 3.63) is 67.3 Å². The lowest BCUT2D eigenvalue weighted by Gasteiger charge is -2.02. The maximum atomic E-state index is 10.5. The van der Waals surface area contributed by atoms with E-state index in [1.165, 1.54) is 18.6 Å². The van der Waals surface area contributed by atoms with Gasteiger partial charge in [-0.3, -0.25) is 4.79 Å². The summed E-state index contributed by atoms with van der Waals surface area (Å²) in [5, 5.41) is 10.4. The number of rotatable bonds is 8. The van der Waals surface area contributed by atoms with Crippen LogP contribution in [0.3, 0.4) is 0 Å². The summed E-state index contributed by atoms with van der Waals surface area (Å²) >= 11 is 0. The van der Waals surface area contributed by atoms with Gasteiger partial charge in [0.2, 0.25) is 5.91 Å². The Balaban J connectivity index is 0. The normalized spacial score (nSPS) is 8.56. The molecule has 0 heterocycles. The number of carboxylic acid groups (broad SMARTS) is 1. The predicted molar refractivity (Wildman–Crippen MR) is 103 cm³/mol. The lowest BCUT2D eigenvalue weighted by atomic mass is 10.2. The Kier molecular flexibility index (Phi) is 17.4. The summed E-state index contributed by atoms with van der Waals surface area (Å²) in [4.78, 5) is 20.1. The van der Waals surface area contributed by atoms with Gasteiger partial charge in [-0.05, 0) is 25.0 Å². The molecule has 1 rings (SSSR count). The SMILES string of the molecule is C=C(C)C(=O)O.C=CC(=O)NCOCCCC.C=Cc1ccccc1. The molecular weight excluding hydrogens is 318 g/mol. The van der Waals surface area contributed by atoms with E-state index < -0.39 is 5.97 Å². The standard InChI is InChI=1S/C8H15NO2.C8H8.C4H6O2/c1-3-5-6-11-7-9-8(10)4-2;1-2-8-6-4-3-5-7-8;1-3(2)4(5)6/h4H,2-3,5-7H2,1H3,(H,9,10);2-7H,1H2;1H2,2H3,(H,5,6). The number of nitrogens with one attached hydrogen (secondary N) is 1. The van der Waals surface area contributed by atoms with Gasteiger partial charge in [-0.2, -0.15) is 0 Å². The zero-order chi connectivity index (χ0) is 19.5. The van der Waals surface area contributed by atoms with Gasteiger partial charge in [0.15, 0.2) is 0 Å². The number of unbranched alkanes of at least 4 members (excludes halogenated alkanes) is 1. The Morgan fingerprint density at radius 2 is 1.80 bits per heavy atom. The van der Waals surface area contributed by atoms with Gasteiger partial charge in [0.25, 0.3) is 0 Å². The molecular formula is C20H29NO4. The molecule has 0 radical (unpaired) electrons. The van der Waals surface area contributed by atoms with Crippen LogP contribution < -0.4 is 5.32 Å². The molecule has 0 atom stereocenters. The predicted octanol–water partition coefficient (Wildman–Crippen LogP) is 4.04. The second-order valence-corrected chi connectivity index (χ2v) is 4.85. The molecule has 0 aliphatic heterocycles. The van der Waals surface area contributed by atoms with Crippen molar-refractivity contribution < 1.29 is 19.4 Å². The summed E-state index contributed by atoms with van der Waals surface area (Å²) in [7, 11) is 0. The molecule has 25 heavy (non-hydrogen) atoms. The molecule has 5 nitrogen and oxygen atoms in total. The van der Waals surface area contributed by atoms with Crippen LogP contribution in [-0.2, 0) is 14.3 Å². The van der Waals surface area contributed by atoms with Crippen molar-refractivity contribution in [2.24, 2.45) is 0 Å². The fraction of sp³-hybridized carbons (Fsp3) is 0.300. The van der Waals surface area contributed by atoms with E-state index in [2.05, 4.69) is 32.0 Å². The van der Waals surface area contributed by atoms with Crippen LogP contribution >= 0.6 is 0 Å². The number of benzene rings is 1. The highest BCUT2D eigenvalue weighted by Gasteiger charge is 1.91. The number of carboxylic acids is 1. The van der Waals surface area contributed by atoms with Crippen LogP contribution in [0.15, 0.2) is 61.7 Å². The van der Waals surface area contributed by atoms with Gasteiger partial charge in [-0.15, -0.1) is 0 Å². The molecule has 0 aliphatic rings. The lowest BCUT2D eigenvalue weighted by molar-refractivity contribution is -0.132. The third kappa shape index (κ3) is 19.3. The first-order chi connectivity index (χ1) is 11.9. The van der Waals surface area contributed by atoms with E-state index >= 15 is 0 Å². The number of aliphatic carboxylic acids is 1. The molecule has 0 saturated heterocycles. The Labute approximate surface area is 150 Å². The number of hydrogen-bond donors (Lipinski definition) is 2. The number of ether oxygens (including phenoxy) is 1. The van der Waals surface area contributed by atoms with Gasteiger partial charge in [0.1, 0.15) is 6.73 Å². The number of hydrogen-bond acceptors (Lipinski definition) is 3. The van der Waals surface area contributed by atoms with E-state index in [0.29, 0.717) is 6.61 Å². The summed E-state index contributed by atoms with van der Waals surface area (Å²) in [5.74, 6) is -1.13. The number of carbonyl (C=O) groups excluding carboxylic acids is 1. The third-order valence-electron chi connectivity index (χ3n) is 2.58. The van der Waals surface area contributed by atoms with E-state index in [0.717, 1.165) is 12.8 Å². The smallest absolute Gasteiger partial charge is 0.330 e. The summed E-state index contributed by atoms with van der Waals surface area (Å²) in [6.45, 7) is 14.6. The van der Waals surface area contributed by atoms with Crippen LogP contribution in [0.2, 0.25) is 0 Å². The number of carbonyl (C=O) groups is 2.